The molecule has 31 heavy (non-hydrogen) atoms. The molecule has 0 radical (unpaired) electrons. The van der Waals surface area contributed by atoms with Crippen LogP contribution in [0.5, 0.6) is 5.75 Å². The summed E-state index contributed by atoms with van der Waals surface area (Å²) in [6.45, 7) is 5.23. The maximum atomic E-state index is 13.4. The quantitative estimate of drug-likeness (QED) is 0.600. The van der Waals surface area contributed by atoms with E-state index in [9.17, 15) is 13.6 Å². The highest BCUT2D eigenvalue weighted by Gasteiger charge is 2.24. The maximum absolute atomic E-state index is 13.4. The van der Waals surface area contributed by atoms with Gasteiger partial charge in [-0.15, -0.1) is 5.10 Å². The van der Waals surface area contributed by atoms with Crippen molar-refractivity contribution in [3.05, 3.63) is 65.5 Å². The number of benzene rings is 2. The van der Waals surface area contributed by atoms with E-state index < -0.39 is 11.6 Å². The molecule has 1 fully saturated rings. The number of halogens is 2. The summed E-state index contributed by atoms with van der Waals surface area (Å²) >= 11 is 0. The SMILES string of the molecule is CCOc1ccc(-n2nnnc2CN2CCN(C(=O)c3ccc(F)c(F)c3)CC2)cc1. The molecule has 2 heterocycles. The summed E-state index contributed by atoms with van der Waals surface area (Å²) in [5, 5.41) is 12.0. The van der Waals surface area contributed by atoms with E-state index in [4.69, 9.17) is 4.74 Å². The molecule has 2 aromatic carbocycles. The smallest absolute Gasteiger partial charge is 0.254 e. The first-order valence-electron chi connectivity index (χ1n) is 10.0. The zero-order valence-electron chi connectivity index (χ0n) is 17.0. The van der Waals surface area contributed by atoms with E-state index in [0.29, 0.717) is 45.2 Å². The molecule has 0 N–H and O–H groups in total. The number of tetrazole rings is 1. The monoisotopic (exact) mass is 428 g/mol. The van der Waals surface area contributed by atoms with Crippen molar-refractivity contribution >= 4 is 5.91 Å². The van der Waals surface area contributed by atoms with Crippen LogP contribution in [0.15, 0.2) is 42.5 Å². The van der Waals surface area contributed by atoms with Crippen LogP contribution in [0.3, 0.4) is 0 Å². The predicted octanol–water partition coefficient (Wildman–Crippen LogP) is 2.30. The largest absolute Gasteiger partial charge is 0.494 e. The summed E-state index contributed by atoms with van der Waals surface area (Å²) in [7, 11) is 0. The molecule has 0 unspecified atom stereocenters. The molecule has 1 amide bonds. The molecule has 0 spiro atoms. The van der Waals surface area contributed by atoms with Crippen molar-refractivity contribution in [1.82, 2.24) is 30.0 Å². The third-order valence-corrected chi connectivity index (χ3v) is 5.12. The van der Waals surface area contributed by atoms with Gasteiger partial charge in [-0.05, 0) is 59.8 Å². The normalized spacial score (nSPS) is 14.6. The first kappa shape index (κ1) is 20.9. The Morgan fingerprint density at radius 1 is 1.03 bits per heavy atom. The van der Waals surface area contributed by atoms with Gasteiger partial charge < -0.3 is 9.64 Å². The fourth-order valence-electron chi connectivity index (χ4n) is 3.48. The van der Waals surface area contributed by atoms with Gasteiger partial charge in [0.25, 0.3) is 5.91 Å². The number of carbonyl (C=O) groups excluding carboxylic acids is 1. The molecule has 1 aromatic heterocycles. The molecule has 0 bridgehead atoms. The van der Waals surface area contributed by atoms with Crippen LogP contribution >= 0.6 is 0 Å². The lowest BCUT2D eigenvalue weighted by Gasteiger charge is -2.34. The van der Waals surface area contributed by atoms with Gasteiger partial charge >= 0.3 is 0 Å². The number of amides is 1. The molecule has 0 aliphatic carbocycles. The first-order valence-corrected chi connectivity index (χ1v) is 10.0. The predicted molar refractivity (Wildman–Crippen MR) is 108 cm³/mol. The third-order valence-electron chi connectivity index (χ3n) is 5.12. The molecule has 1 aliphatic rings. The van der Waals surface area contributed by atoms with Crippen LogP contribution in [-0.2, 0) is 6.54 Å². The lowest BCUT2D eigenvalue weighted by molar-refractivity contribution is 0.0624. The van der Waals surface area contributed by atoms with Gasteiger partial charge in [0.1, 0.15) is 5.75 Å². The van der Waals surface area contributed by atoms with Crippen LogP contribution in [0.1, 0.15) is 23.1 Å². The average Bonchev–Trinajstić information content (AvgIpc) is 3.24. The highest BCUT2D eigenvalue weighted by Crippen LogP contribution is 2.17. The van der Waals surface area contributed by atoms with Gasteiger partial charge in [-0.1, -0.05) is 0 Å². The van der Waals surface area contributed by atoms with Crippen molar-refractivity contribution in [2.75, 3.05) is 32.8 Å². The fourth-order valence-corrected chi connectivity index (χ4v) is 3.48. The minimum absolute atomic E-state index is 0.145. The van der Waals surface area contributed by atoms with Gasteiger partial charge in [0.05, 0.1) is 18.8 Å². The van der Waals surface area contributed by atoms with E-state index in [1.807, 2.05) is 31.2 Å². The highest BCUT2D eigenvalue weighted by molar-refractivity contribution is 5.94. The number of hydrogen-bond acceptors (Lipinski definition) is 6. The Morgan fingerprint density at radius 2 is 1.77 bits per heavy atom. The second-order valence-electron chi connectivity index (χ2n) is 7.13. The molecule has 3 aromatic rings. The van der Waals surface area contributed by atoms with E-state index in [2.05, 4.69) is 20.4 Å². The Balaban J connectivity index is 1.37. The number of nitrogens with zero attached hydrogens (tertiary/aromatic N) is 6. The second kappa shape index (κ2) is 9.17. The van der Waals surface area contributed by atoms with Crippen molar-refractivity contribution in [2.45, 2.75) is 13.5 Å². The number of piperazine rings is 1. The number of carbonyl (C=O) groups is 1. The summed E-state index contributed by atoms with van der Waals surface area (Å²) in [6.07, 6.45) is 0. The van der Waals surface area contributed by atoms with Crippen LogP contribution in [0, 0.1) is 11.6 Å². The zero-order chi connectivity index (χ0) is 21.8. The molecule has 0 saturated carbocycles. The highest BCUT2D eigenvalue weighted by atomic mass is 19.2. The molecular formula is C21H22F2N6O2. The van der Waals surface area contributed by atoms with Gasteiger partial charge in [0.2, 0.25) is 0 Å². The topological polar surface area (TPSA) is 76.4 Å². The number of aromatic nitrogens is 4. The van der Waals surface area contributed by atoms with E-state index in [-0.39, 0.29) is 11.5 Å². The number of hydrogen-bond donors (Lipinski definition) is 0. The lowest BCUT2D eigenvalue weighted by Crippen LogP contribution is -2.48. The van der Waals surface area contributed by atoms with E-state index in [1.165, 1.54) is 6.07 Å². The molecule has 0 atom stereocenters. The van der Waals surface area contributed by atoms with Crippen LogP contribution < -0.4 is 4.74 Å². The van der Waals surface area contributed by atoms with Crippen molar-refractivity contribution in [3.8, 4) is 11.4 Å². The summed E-state index contributed by atoms with van der Waals surface area (Å²) in [4.78, 5) is 16.4. The molecule has 10 heteroatoms. The van der Waals surface area contributed by atoms with Crippen LogP contribution in [0.4, 0.5) is 8.78 Å². The van der Waals surface area contributed by atoms with Crippen molar-refractivity contribution < 1.29 is 18.3 Å². The van der Waals surface area contributed by atoms with Crippen LogP contribution in [0.2, 0.25) is 0 Å². The minimum atomic E-state index is -1.02. The number of ether oxygens (including phenoxy) is 1. The van der Waals surface area contributed by atoms with E-state index in [1.54, 1.807) is 9.58 Å². The van der Waals surface area contributed by atoms with E-state index >= 15 is 0 Å². The Morgan fingerprint density at radius 3 is 2.45 bits per heavy atom. The Kier molecular flexibility index (Phi) is 6.17. The fraction of sp³-hybridized carbons (Fsp3) is 0.333. The standard InChI is InChI=1S/C21H22F2N6O2/c1-2-31-17-6-4-16(5-7-17)29-20(24-25-26-29)14-27-9-11-28(12-10-27)21(30)15-3-8-18(22)19(23)13-15/h3-8,13H,2,9-12,14H2,1H3. The number of rotatable bonds is 6. The molecule has 1 saturated heterocycles. The first-order chi connectivity index (χ1) is 15.0. The van der Waals surface area contributed by atoms with Gasteiger partial charge in [-0.25, -0.2) is 8.78 Å². The van der Waals surface area contributed by atoms with Gasteiger partial charge in [-0.3, -0.25) is 9.69 Å². The van der Waals surface area contributed by atoms with Crippen molar-refractivity contribution in [1.29, 1.82) is 0 Å². The minimum Gasteiger partial charge on any atom is -0.494 e. The molecular weight excluding hydrogens is 406 g/mol. The lowest BCUT2D eigenvalue weighted by atomic mass is 10.1. The Hall–Kier alpha value is -3.40. The Bertz CT molecular complexity index is 1050. The molecule has 162 valence electrons. The van der Waals surface area contributed by atoms with Gasteiger partial charge in [-0.2, -0.15) is 4.68 Å². The molecule has 4 rings (SSSR count). The maximum Gasteiger partial charge on any atom is 0.254 e. The summed E-state index contributed by atoms with van der Waals surface area (Å²) in [5.74, 6) is -0.831. The Labute approximate surface area is 178 Å². The summed E-state index contributed by atoms with van der Waals surface area (Å²) in [6, 6.07) is 10.7. The van der Waals surface area contributed by atoms with Crippen molar-refractivity contribution in [3.63, 3.8) is 0 Å². The molecule has 1 aliphatic heterocycles. The average molecular weight is 428 g/mol. The van der Waals surface area contributed by atoms with Crippen LogP contribution in [-0.4, -0.2) is 68.7 Å². The van der Waals surface area contributed by atoms with Crippen molar-refractivity contribution in [2.24, 2.45) is 0 Å². The summed E-state index contributed by atoms with van der Waals surface area (Å²) < 4.78 is 33.7. The van der Waals surface area contributed by atoms with Gasteiger partial charge in [0, 0.05) is 31.7 Å². The van der Waals surface area contributed by atoms with Crippen LogP contribution in [0.25, 0.3) is 5.69 Å². The van der Waals surface area contributed by atoms with E-state index in [0.717, 1.165) is 23.6 Å². The van der Waals surface area contributed by atoms with Gasteiger partial charge in [0.15, 0.2) is 17.5 Å². The zero-order valence-corrected chi connectivity index (χ0v) is 17.0. The molecule has 8 nitrogen and oxygen atoms in total. The summed E-state index contributed by atoms with van der Waals surface area (Å²) in [5.41, 5.74) is 0.974. The second-order valence-corrected chi connectivity index (χ2v) is 7.13. The third kappa shape index (κ3) is 4.69.